The van der Waals surface area contributed by atoms with E-state index < -0.39 is 9.84 Å². The lowest BCUT2D eigenvalue weighted by molar-refractivity contribution is 0.372. The van der Waals surface area contributed by atoms with Crippen LogP contribution >= 0.6 is 24.0 Å². The fourth-order valence-electron chi connectivity index (χ4n) is 2.85. The molecular weight excluding hydrogens is 503 g/mol. The van der Waals surface area contributed by atoms with Crippen molar-refractivity contribution in [1.82, 2.24) is 15.8 Å². The van der Waals surface area contributed by atoms with E-state index in [1.807, 2.05) is 13.0 Å². The minimum absolute atomic E-state index is 0. The Morgan fingerprint density at radius 1 is 1.14 bits per heavy atom. The van der Waals surface area contributed by atoms with Crippen LogP contribution in [-0.2, 0) is 16.4 Å². The van der Waals surface area contributed by atoms with E-state index in [2.05, 4.69) is 34.6 Å². The number of hydrogen-bond donors (Lipinski definition) is 2. The molecule has 9 heteroatoms. The summed E-state index contributed by atoms with van der Waals surface area (Å²) in [5.41, 5.74) is 0.960. The highest BCUT2D eigenvalue weighted by Gasteiger charge is 2.14. The summed E-state index contributed by atoms with van der Waals surface area (Å²) in [6.07, 6.45) is 2.04. The van der Waals surface area contributed by atoms with E-state index in [9.17, 15) is 8.42 Å². The molecule has 0 saturated heterocycles. The maximum Gasteiger partial charge on any atom is 0.191 e. The minimum atomic E-state index is -3.32. The van der Waals surface area contributed by atoms with Crippen LogP contribution in [0.2, 0.25) is 0 Å². The predicted molar refractivity (Wildman–Crippen MR) is 127 cm³/mol. The number of guanidine groups is 1. The van der Waals surface area contributed by atoms with Gasteiger partial charge in [0.1, 0.15) is 6.54 Å². The summed E-state index contributed by atoms with van der Waals surface area (Å²) in [5.74, 6) is 1.63. The third-order valence-corrected chi connectivity index (χ3v) is 6.22. The van der Waals surface area contributed by atoms with E-state index in [4.69, 9.17) is 4.52 Å². The van der Waals surface area contributed by atoms with Crippen LogP contribution in [-0.4, -0.2) is 38.4 Å². The number of aromatic nitrogens is 1. The molecule has 162 valence electrons. The molecule has 0 atom stereocenters. The van der Waals surface area contributed by atoms with Crippen LogP contribution in [0.25, 0.3) is 0 Å². The molecular formula is C20H31IN4O3S. The van der Waals surface area contributed by atoms with E-state index in [1.165, 1.54) is 0 Å². The van der Waals surface area contributed by atoms with Crippen molar-refractivity contribution in [2.24, 2.45) is 4.99 Å². The van der Waals surface area contributed by atoms with E-state index in [0.717, 1.165) is 18.5 Å². The van der Waals surface area contributed by atoms with Gasteiger partial charge in [-0.25, -0.2) is 13.4 Å². The zero-order valence-corrected chi connectivity index (χ0v) is 20.4. The predicted octanol–water partition coefficient (Wildman–Crippen LogP) is 3.73. The van der Waals surface area contributed by atoms with Crippen molar-refractivity contribution in [3.05, 3.63) is 47.9 Å². The van der Waals surface area contributed by atoms with Crippen molar-refractivity contribution < 1.29 is 12.9 Å². The number of sulfone groups is 1. The van der Waals surface area contributed by atoms with E-state index in [1.54, 1.807) is 30.3 Å². The Kier molecular flexibility index (Phi) is 11.3. The SMILES string of the molecule is CCNC(=NCc1cc(C(CC)CC)no1)NCCS(=O)(=O)c1ccccc1.I. The van der Waals surface area contributed by atoms with Gasteiger partial charge >= 0.3 is 0 Å². The van der Waals surface area contributed by atoms with Gasteiger partial charge in [0.2, 0.25) is 0 Å². The quantitative estimate of drug-likeness (QED) is 0.274. The van der Waals surface area contributed by atoms with Gasteiger partial charge in [0.25, 0.3) is 0 Å². The lowest BCUT2D eigenvalue weighted by Gasteiger charge is -2.11. The van der Waals surface area contributed by atoms with Gasteiger partial charge in [-0.15, -0.1) is 24.0 Å². The number of nitrogens with zero attached hydrogens (tertiary/aromatic N) is 2. The van der Waals surface area contributed by atoms with Crippen LogP contribution < -0.4 is 10.6 Å². The van der Waals surface area contributed by atoms with Crippen molar-refractivity contribution in [2.45, 2.75) is 51.0 Å². The number of aliphatic imine (C=N–C) groups is 1. The number of nitrogens with one attached hydrogen (secondary N) is 2. The first-order valence-electron chi connectivity index (χ1n) is 9.75. The molecule has 0 fully saturated rings. The second-order valence-electron chi connectivity index (χ2n) is 6.49. The highest BCUT2D eigenvalue weighted by molar-refractivity contribution is 14.0. The van der Waals surface area contributed by atoms with Gasteiger partial charge < -0.3 is 15.2 Å². The second-order valence-corrected chi connectivity index (χ2v) is 8.59. The Hall–Kier alpha value is -1.62. The monoisotopic (exact) mass is 534 g/mol. The van der Waals surface area contributed by atoms with Gasteiger partial charge in [0, 0.05) is 25.1 Å². The fraction of sp³-hybridized carbons (Fsp3) is 0.500. The van der Waals surface area contributed by atoms with Crippen molar-refractivity contribution in [3.63, 3.8) is 0 Å². The molecule has 0 bridgehead atoms. The molecule has 0 saturated carbocycles. The van der Waals surface area contributed by atoms with Gasteiger partial charge in [-0.05, 0) is 31.9 Å². The molecule has 1 aromatic carbocycles. The summed E-state index contributed by atoms with van der Waals surface area (Å²) >= 11 is 0. The highest BCUT2D eigenvalue weighted by atomic mass is 127. The Morgan fingerprint density at radius 3 is 2.45 bits per heavy atom. The Labute approximate surface area is 190 Å². The molecule has 2 aromatic rings. The number of hydrogen-bond acceptors (Lipinski definition) is 5. The van der Waals surface area contributed by atoms with Gasteiger partial charge in [-0.1, -0.05) is 37.2 Å². The number of rotatable bonds is 10. The molecule has 0 amide bonds. The summed E-state index contributed by atoms with van der Waals surface area (Å²) in [6, 6.07) is 10.4. The largest absolute Gasteiger partial charge is 0.359 e. The smallest absolute Gasteiger partial charge is 0.191 e. The zero-order chi connectivity index (χ0) is 20.4. The fourth-order valence-corrected chi connectivity index (χ4v) is 4.03. The van der Waals surface area contributed by atoms with E-state index in [-0.39, 0.29) is 36.3 Å². The standard InChI is InChI=1S/C20H30N4O3S.HI/c1-4-16(5-2)19-14-17(27-24-19)15-23-20(21-6-3)22-12-13-28(25,26)18-10-8-7-9-11-18;/h7-11,14,16H,4-6,12-13,15H2,1-3H3,(H2,21,22,23);1H. The van der Waals surface area contributed by atoms with Gasteiger partial charge in [0.05, 0.1) is 16.3 Å². The summed E-state index contributed by atoms with van der Waals surface area (Å²) in [6.45, 7) is 7.51. The maximum absolute atomic E-state index is 12.4. The van der Waals surface area contributed by atoms with Crippen LogP contribution in [0.4, 0.5) is 0 Å². The van der Waals surface area contributed by atoms with Gasteiger partial charge in [-0.2, -0.15) is 0 Å². The van der Waals surface area contributed by atoms with Gasteiger partial charge in [-0.3, -0.25) is 0 Å². The van der Waals surface area contributed by atoms with E-state index >= 15 is 0 Å². The first-order valence-corrected chi connectivity index (χ1v) is 11.4. The molecule has 7 nitrogen and oxygen atoms in total. The molecule has 0 aliphatic rings. The average Bonchev–Trinajstić information content (AvgIpc) is 3.16. The Morgan fingerprint density at radius 2 is 1.83 bits per heavy atom. The molecule has 2 N–H and O–H groups in total. The van der Waals surface area contributed by atoms with Crippen LogP contribution in [0.3, 0.4) is 0 Å². The lowest BCUT2D eigenvalue weighted by atomic mass is 9.99. The third kappa shape index (κ3) is 7.96. The molecule has 0 aliphatic carbocycles. The molecule has 1 heterocycles. The Balaban J connectivity index is 0.00000420. The van der Waals surface area contributed by atoms with Crippen LogP contribution in [0.15, 0.2) is 50.8 Å². The maximum atomic E-state index is 12.4. The zero-order valence-electron chi connectivity index (χ0n) is 17.2. The minimum Gasteiger partial charge on any atom is -0.359 e. The topological polar surface area (TPSA) is 96.6 Å². The first-order chi connectivity index (χ1) is 13.5. The summed E-state index contributed by atoms with van der Waals surface area (Å²) < 4.78 is 30.1. The molecule has 2 rings (SSSR count). The van der Waals surface area contributed by atoms with Crippen LogP contribution in [0.5, 0.6) is 0 Å². The first kappa shape index (κ1) is 25.4. The molecule has 0 radical (unpaired) electrons. The molecule has 0 spiro atoms. The molecule has 1 aromatic heterocycles. The molecule has 0 unspecified atom stereocenters. The van der Waals surface area contributed by atoms with Crippen molar-refractivity contribution in [2.75, 3.05) is 18.8 Å². The van der Waals surface area contributed by atoms with Crippen molar-refractivity contribution in [3.8, 4) is 0 Å². The highest BCUT2D eigenvalue weighted by Crippen LogP contribution is 2.22. The Bertz CT molecular complexity index is 850. The number of halogens is 1. The third-order valence-electron chi connectivity index (χ3n) is 4.48. The summed E-state index contributed by atoms with van der Waals surface area (Å²) in [5, 5.41) is 10.3. The normalized spacial score (nSPS) is 11.9. The summed E-state index contributed by atoms with van der Waals surface area (Å²) in [4.78, 5) is 4.79. The van der Waals surface area contributed by atoms with E-state index in [0.29, 0.717) is 35.6 Å². The molecule has 29 heavy (non-hydrogen) atoms. The van der Waals surface area contributed by atoms with Crippen LogP contribution in [0.1, 0.15) is 51.0 Å². The number of benzene rings is 1. The summed E-state index contributed by atoms with van der Waals surface area (Å²) in [7, 11) is -3.32. The van der Waals surface area contributed by atoms with Crippen molar-refractivity contribution >= 4 is 39.8 Å². The lowest BCUT2D eigenvalue weighted by Crippen LogP contribution is -2.39. The second kappa shape index (κ2) is 12.8. The van der Waals surface area contributed by atoms with Gasteiger partial charge in [0.15, 0.2) is 21.6 Å². The van der Waals surface area contributed by atoms with Crippen molar-refractivity contribution in [1.29, 1.82) is 0 Å². The van der Waals surface area contributed by atoms with Crippen LogP contribution in [0, 0.1) is 0 Å². The molecule has 0 aliphatic heterocycles. The average molecular weight is 534 g/mol.